The van der Waals surface area contributed by atoms with Gasteiger partial charge in [-0.25, -0.2) is 4.79 Å². The topological polar surface area (TPSA) is 59.8 Å². The van der Waals surface area contributed by atoms with Gasteiger partial charge in [-0.15, -0.1) is 0 Å². The van der Waals surface area contributed by atoms with Gasteiger partial charge >= 0.3 is 5.63 Å². The molecule has 0 saturated carbocycles. The predicted octanol–water partition coefficient (Wildman–Crippen LogP) is 5.24. The molecule has 1 amide bonds. The van der Waals surface area contributed by atoms with Gasteiger partial charge in [0, 0.05) is 15.2 Å². The molecule has 4 aromatic rings. The summed E-state index contributed by atoms with van der Waals surface area (Å²) in [5.74, 6) is 0.0207. The van der Waals surface area contributed by atoms with Crippen LogP contribution in [0.1, 0.15) is 10.4 Å². The molecule has 5 rings (SSSR count). The molecule has 5 nitrogen and oxygen atoms in total. The molecule has 0 unspecified atom stereocenters. The van der Waals surface area contributed by atoms with Crippen molar-refractivity contribution < 1.29 is 13.9 Å². The molecule has 1 aliphatic heterocycles. The molecule has 29 heavy (non-hydrogen) atoms. The van der Waals surface area contributed by atoms with Gasteiger partial charge in [0.15, 0.2) is 11.3 Å². The highest BCUT2D eigenvalue weighted by atomic mass is 32.2. The SMILES string of the molecule is COc1cccc2cc(C(=O)N3c4ccccc4Sc4ccccc43)c(=O)oc12. The van der Waals surface area contributed by atoms with E-state index in [1.54, 1.807) is 40.9 Å². The van der Waals surface area contributed by atoms with Crippen LogP contribution in [0.25, 0.3) is 11.0 Å². The van der Waals surface area contributed by atoms with E-state index >= 15 is 0 Å². The standard InChI is InChI=1S/C23H15NO4S/c1-27-18-10-6-7-14-13-15(23(26)28-21(14)18)22(25)24-16-8-2-4-11-19(16)29-20-12-5-3-9-17(20)24/h2-13H,1H3. The van der Waals surface area contributed by atoms with Gasteiger partial charge in [0.25, 0.3) is 5.91 Å². The lowest BCUT2D eigenvalue weighted by Crippen LogP contribution is -2.32. The number of ether oxygens (including phenoxy) is 1. The van der Waals surface area contributed by atoms with Crippen molar-refractivity contribution >= 4 is 40.0 Å². The number of carbonyl (C=O) groups is 1. The molecule has 2 heterocycles. The fourth-order valence-electron chi connectivity index (χ4n) is 3.47. The summed E-state index contributed by atoms with van der Waals surface area (Å²) < 4.78 is 10.7. The van der Waals surface area contributed by atoms with Crippen molar-refractivity contribution in [3.8, 4) is 5.75 Å². The second-order valence-corrected chi connectivity index (χ2v) is 7.59. The van der Waals surface area contributed by atoms with Crippen LogP contribution in [0.4, 0.5) is 11.4 Å². The molecule has 0 radical (unpaired) electrons. The Labute approximate surface area is 170 Å². The van der Waals surface area contributed by atoms with Gasteiger partial charge < -0.3 is 9.15 Å². The smallest absolute Gasteiger partial charge is 0.349 e. The van der Waals surface area contributed by atoms with Crippen LogP contribution in [-0.4, -0.2) is 13.0 Å². The lowest BCUT2D eigenvalue weighted by Gasteiger charge is -2.30. The van der Waals surface area contributed by atoms with Gasteiger partial charge in [-0.2, -0.15) is 0 Å². The number of methoxy groups -OCH3 is 1. The van der Waals surface area contributed by atoms with E-state index in [-0.39, 0.29) is 5.56 Å². The number of nitrogens with zero attached hydrogens (tertiary/aromatic N) is 1. The fourth-order valence-corrected chi connectivity index (χ4v) is 4.53. The maximum atomic E-state index is 13.6. The molecule has 3 aromatic carbocycles. The zero-order valence-corrected chi connectivity index (χ0v) is 16.2. The molecule has 0 atom stereocenters. The lowest BCUT2D eigenvalue weighted by atomic mass is 10.1. The third-order valence-corrected chi connectivity index (χ3v) is 5.94. The molecule has 0 fully saturated rings. The number of hydrogen-bond donors (Lipinski definition) is 0. The first kappa shape index (κ1) is 17.6. The summed E-state index contributed by atoms with van der Waals surface area (Å²) >= 11 is 1.60. The van der Waals surface area contributed by atoms with Crippen LogP contribution in [-0.2, 0) is 0 Å². The maximum absolute atomic E-state index is 13.6. The lowest BCUT2D eigenvalue weighted by molar-refractivity contribution is 0.0995. The van der Waals surface area contributed by atoms with E-state index in [0.29, 0.717) is 16.7 Å². The van der Waals surface area contributed by atoms with E-state index in [0.717, 1.165) is 21.2 Å². The molecular formula is C23H15NO4S. The van der Waals surface area contributed by atoms with Crippen molar-refractivity contribution in [3.63, 3.8) is 0 Å². The van der Waals surface area contributed by atoms with Crippen LogP contribution in [0.15, 0.2) is 91.8 Å². The third kappa shape index (κ3) is 2.80. The van der Waals surface area contributed by atoms with Gasteiger partial charge in [-0.1, -0.05) is 48.2 Å². The summed E-state index contributed by atoms with van der Waals surface area (Å²) in [5, 5.41) is 0.625. The molecule has 1 aromatic heterocycles. The van der Waals surface area contributed by atoms with Gasteiger partial charge in [-0.05, 0) is 36.4 Å². The molecule has 0 bridgehead atoms. The van der Waals surface area contributed by atoms with Crippen LogP contribution in [0.5, 0.6) is 5.75 Å². The van der Waals surface area contributed by atoms with Crippen molar-refractivity contribution in [2.45, 2.75) is 9.79 Å². The molecule has 0 N–H and O–H groups in total. The van der Waals surface area contributed by atoms with Crippen molar-refractivity contribution in [1.29, 1.82) is 0 Å². The van der Waals surface area contributed by atoms with E-state index in [1.807, 2.05) is 48.5 Å². The summed E-state index contributed by atoms with van der Waals surface area (Å²) in [6.45, 7) is 0. The number of anilines is 2. The minimum absolute atomic E-state index is 0.0257. The minimum Gasteiger partial charge on any atom is -0.493 e. The van der Waals surface area contributed by atoms with Crippen LogP contribution >= 0.6 is 11.8 Å². The molecule has 0 saturated heterocycles. The van der Waals surface area contributed by atoms with E-state index in [1.165, 1.54) is 7.11 Å². The molecular weight excluding hydrogens is 386 g/mol. The zero-order valence-electron chi connectivity index (χ0n) is 15.4. The summed E-state index contributed by atoms with van der Waals surface area (Å²) in [5.41, 5.74) is 1.09. The number of carbonyl (C=O) groups excluding carboxylic acids is 1. The van der Waals surface area contributed by atoms with Gasteiger partial charge in [-0.3, -0.25) is 9.69 Å². The summed E-state index contributed by atoms with van der Waals surface area (Å²) in [7, 11) is 1.51. The van der Waals surface area contributed by atoms with E-state index in [4.69, 9.17) is 9.15 Å². The van der Waals surface area contributed by atoms with E-state index in [2.05, 4.69) is 0 Å². The van der Waals surface area contributed by atoms with E-state index in [9.17, 15) is 9.59 Å². The normalized spacial score (nSPS) is 12.4. The van der Waals surface area contributed by atoms with Gasteiger partial charge in [0.05, 0.1) is 18.5 Å². The van der Waals surface area contributed by atoms with Crippen molar-refractivity contribution in [3.05, 3.63) is 88.8 Å². The molecule has 1 aliphatic rings. The van der Waals surface area contributed by atoms with Crippen LogP contribution < -0.4 is 15.3 Å². The number of rotatable bonds is 2. The Morgan fingerprint density at radius 2 is 1.59 bits per heavy atom. The number of amides is 1. The minimum atomic E-state index is -0.694. The summed E-state index contributed by atoms with van der Waals surface area (Å²) in [6, 6.07) is 22.1. The molecule has 6 heteroatoms. The van der Waals surface area contributed by atoms with Crippen molar-refractivity contribution in [1.82, 2.24) is 0 Å². The Morgan fingerprint density at radius 1 is 0.931 bits per heavy atom. The van der Waals surface area contributed by atoms with Crippen LogP contribution in [0, 0.1) is 0 Å². The van der Waals surface area contributed by atoms with Crippen molar-refractivity contribution in [2.75, 3.05) is 12.0 Å². The Balaban J connectivity index is 1.71. The quantitative estimate of drug-likeness (QED) is 0.430. The number of benzene rings is 3. The largest absolute Gasteiger partial charge is 0.493 e. The average Bonchev–Trinajstić information content (AvgIpc) is 2.76. The van der Waals surface area contributed by atoms with Crippen LogP contribution in [0.2, 0.25) is 0 Å². The summed E-state index contributed by atoms with van der Waals surface area (Å²) in [6.07, 6.45) is 0. The Morgan fingerprint density at radius 3 is 2.24 bits per heavy atom. The van der Waals surface area contributed by atoms with Gasteiger partial charge in [0.1, 0.15) is 5.56 Å². The fraction of sp³-hybridized carbons (Fsp3) is 0.0435. The van der Waals surface area contributed by atoms with Crippen molar-refractivity contribution in [2.24, 2.45) is 0 Å². The summed E-state index contributed by atoms with van der Waals surface area (Å²) in [4.78, 5) is 29.8. The highest BCUT2D eigenvalue weighted by Gasteiger charge is 2.30. The first-order valence-electron chi connectivity index (χ1n) is 8.98. The number of para-hydroxylation sites is 3. The number of fused-ring (bicyclic) bond motifs is 3. The van der Waals surface area contributed by atoms with Gasteiger partial charge in [0.2, 0.25) is 0 Å². The number of hydrogen-bond acceptors (Lipinski definition) is 5. The first-order valence-corrected chi connectivity index (χ1v) is 9.80. The highest BCUT2D eigenvalue weighted by Crippen LogP contribution is 2.48. The second kappa shape index (κ2) is 6.83. The van der Waals surface area contributed by atoms with E-state index < -0.39 is 11.5 Å². The molecule has 0 spiro atoms. The highest BCUT2D eigenvalue weighted by molar-refractivity contribution is 7.99. The maximum Gasteiger partial charge on any atom is 0.349 e. The average molecular weight is 401 g/mol. The Kier molecular flexibility index (Phi) is 4.14. The monoisotopic (exact) mass is 401 g/mol. The Bertz CT molecular complexity index is 1280. The predicted molar refractivity (Wildman–Crippen MR) is 113 cm³/mol. The Hall–Kier alpha value is -3.51. The molecule has 0 aliphatic carbocycles. The second-order valence-electron chi connectivity index (χ2n) is 6.50. The molecule has 142 valence electrons. The third-order valence-electron chi connectivity index (χ3n) is 4.81. The first-order chi connectivity index (χ1) is 14.2. The zero-order chi connectivity index (χ0) is 20.0. The van der Waals surface area contributed by atoms with Crippen LogP contribution in [0.3, 0.4) is 0 Å².